The minimum absolute atomic E-state index is 0.253. The van der Waals surface area contributed by atoms with Crippen molar-refractivity contribution in [2.24, 2.45) is 0 Å². The fourth-order valence-corrected chi connectivity index (χ4v) is 6.23. The highest BCUT2D eigenvalue weighted by Crippen LogP contribution is 2.40. The minimum Gasteiger partial charge on any atom is -0.342 e. The van der Waals surface area contributed by atoms with Crippen LogP contribution in [0.25, 0.3) is 0 Å². The molecule has 2 aromatic rings. The Balaban J connectivity index is 1.26. The standard InChI is InChI=1S/C27H35N3O/c31-26-27(30(21-28-26)18-15-22-9-3-1-4-10-22)16-19-29(20-17-27)25-14-8-7-13-24(25)23-11-5-2-6-12-23/h1-6,9-12,24-25H,7-8,13-21H2,(H,28,31)/t24-,25-/m0/s1. The van der Waals surface area contributed by atoms with Crippen LogP contribution in [0.2, 0.25) is 0 Å². The highest BCUT2D eigenvalue weighted by molar-refractivity contribution is 5.88. The summed E-state index contributed by atoms with van der Waals surface area (Å²) < 4.78 is 0. The SMILES string of the molecule is O=C1NCN(CCc2ccccc2)C12CCN([C@H]1CCCC[C@H]1c1ccccc1)CC2. The molecule has 3 fully saturated rings. The van der Waals surface area contributed by atoms with E-state index in [9.17, 15) is 4.79 Å². The lowest BCUT2D eigenvalue weighted by Gasteiger charge is -2.47. The molecule has 4 heteroatoms. The van der Waals surface area contributed by atoms with E-state index in [0.29, 0.717) is 18.6 Å². The number of carbonyl (C=O) groups is 1. The van der Waals surface area contributed by atoms with Crippen LogP contribution in [0.1, 0.15) is 55.6 Å². The van der Waals surface area contributed by atoms with Crippen LogP contribution in [0.15, 0.2) is 60.7 Å². The maximum Gasteiger partial charge on any atom is 0.241 e. The number of hydrogen-bond donors (Lipinski definition) is 1. The molecule has 2 atom stereocenters. The second-order valence-electron chi connectivity index (χ2n) is 9.60. The Morgan fingerprint density at radius 1 is 0.903 bits per heavy atom. The number of hydrogen-bond acceptors (Lipinski definition) is 3. The van der Waals surface area contributed by atoms with Crippen molar-refractivity contribution >= 4 is 5.91 Å². The number of piperidine rings is 1. The van der Waals surface area contributed by atoms with E-state index in [1.165, 1.54) is 36.8 Å². The molecule has 164 valence electrons. The second kappa shape index (κ2) is 9.13. The monoisotopic (exact) mass is 417 g/mol. The van der Waals surface area contributed by atoms with Crippen LogP contribution < -0.4 is 5.32 Å². The van der Waals surface area contributed by atoms with Gasteiger partial charge in [0, 0.05) is 25.7 Å². The van der Waals surface area contributed by atoms with Gasteiger partial charge in [0.05, 0.1) is 6.67 Å². The Labute approximate surface area is 186 Å². The van der Waals surface area contributed by atoms with Gasteiger partial charge in [-0.2, -0.15) is 0 Å². The summed E-state index contributed by atoms with van der Waals surface area (Å²) in [5.41, 5.74) is 2.54. The Morgan fingerprint density at radius 2 is 1.58 bits per heavy atom. The van der Waals surface area contributed by atoms with Gasteiger partial charge in [-0.25, -0.2) is 0 Å². The molecule has 0 unspecified atom stereocenters. The number of nitrogens with zero attached hydrogens (tertiary/aromatic N) is 2. The van der Waals surface area contributed by atoms with Crippen LogP contribution in [0, 0.1) is 0 Å². The lowest BCUT2D eigenvalue weighted by Crippen LogP contribution is -2.58. The molecule has 1 saturated carbocycles. The van der Waals surface area contributed by atoms with E-state index >= 15 is 0 Å². The number of benzene rings is 2. The third-order valence-electron chi connectivity index (χ3n) is 8.02. The number of carbonyl (C=O) groups excluding carboxylic acids is 1. The average Bonchev–Trinajstić information content (AvgIpc) is 3.14. The maximum atomic E-state index is 13.0. The summed E-state index contributed by atoms with van der Waals surface area (Å²) in [6.45, 7) is 3.70. The van der Waals surface area contributed by atoms with Gasteiger partial charge in [-0.3, -0.25) is 14.6 Å². The predicted octanol–water partition coefficient (Wildman–Crippen LogP) is 4.18. The van der Waals surface area contributed by atoms with Crippen molar-refractivity contribution in [3.8, 4) is 0 Å². The molecule has 0 aromatic heterocycles. The highest BCUT2D eigenvalue weighted by atomic mass is 16.2. The molecular weight excluding hydrogens is 382 g/mol. The first-order valence-corrected chi connectivity index (χ1v) is 12.1. The van der Waals surface area contributed by atoms with Crippen LogP contribution in [0.3, 0.4) is 0 Å². The maximum absolute atomic E-state index is 13.0. The summed E-state index contributed by atoms with van der Waals surface area (Å²) in [7, 11) is 0. The molecule has 1 N–H and O–H groups in total. The van der Waals surface area contributed by atoms with Crippen LogP contribution in [0.4, 0.5) is 0 Å². The van der Waals surface area contributed by atoms with Gasteiger partial charge in [-0.05, 0) is 49.1 Å². The molecule has 5 rings (SSSR count). The van der Waals surface area contributed by atoms with E-state index < -0.39 is 0 Å². The Hall–Kier alpha value is -2.17. The van der Waals surface area contributed by atoms with E-state index in [-0.39, 0.29) is 11.4 Å². The van der Waals surface area contributed by atoms with Gasteiger partial charge in [0.25, 0.3) is 0 Å². The van der Waals surface area contributed by atoms with Crippen LogP contribution >= 0.6 is 0 Å². The zero-order chi connectivity index (χ0) is 21.1. The van der Waals surface area contributed by atoms with Crippen molar-refractivity contribution in [3.63, 3.8) is 0 Å². The summed E-state index contributed by atoms with van der Waals surface area (Å²) in [5.74, 6) is 0.888. The summed E-state index contributed by atoms with van der Waals surface area (Å²) in [4.78, 5) is 18.1. The Bertz CT molecular complexity index is 861. The molecule has 2 aliphatic heterocycles. The number of amides is 1. The van der Waals surface area contributed by atoms with Gasteiger partial charge < -0.3 is 5.32 Å². The third kappa shape index (κ3) is 4.16. The van der Waals surface area contributed by atoms with Crippen LogP contribution in [-0.4, -0.2) is 53.6 Å². The average molecular weight is 418 g/mol. The normalized spacial score (nSPS) is 26.8. The molecule has 1 spiro atoms. The van der Waals surface area contributed by atoms with Crippen molar-refractivity contribution in [1.82, 2.24) is 15.1 Å². The summed E-state index contributed by atoms with van der Waals surface area (Å²) in [6, 6.07) is 22.4. The molecule has 1 amide bonds. The zero-order valence-electron chi connectivity index (χ0n) is 18.5. The molecule has 2 saturated heterocycles. The van der Waals surface area contributed by atoms with Crippen molar-refractivity contribution in [1.29, 1.82) is 0 Å². The molecule has 2 aromatic carbocycles. The summed E-state index contributed by atoms with van der Waals surface area (Å²) in [6.07, 6.45) is 8.15. The summed E-state index contributed by atoms with van der Waals surface area (Å²) >= 11 is 0. The molecule has 3 aliphatic rings. The van der Waals surface area contributed by atoms with Gasteiger partial charge in [-0.1, -0.05) is 73.5 Å². The van der Waals surface area contributed by atoms with Crippen LogP contribution in [-0.2, 0) is 11.2 Å². The zero-order valence-corrected chi connectivity index (χ0v) is 18.5. The highest BCUT2D eigenvalue weighted by Gasteiger charge is 2.50. The smallest absolute Gasteiger partial charge is 0.241 e. The van der Waals surface area contributed by atoms with Gasteiger partial charge in [0.2, 0.25) is 5.91 Å². The number of nitrogens with one attached hydrogen (secondary N) is 1. The lowest BCUT2D eigenvalue weighted by atomic mass is 9.77. The topological polar surface area (TPSA) is 35.6 Å². The Morgan fingerprint density at radius 3 is 2.32 bits per heavy atom. The van der Waals surface area contributed by atoms with E-state index in [4.69, 9.17) is 0 Å². The molecule has 2 heterocycles. The van der Waals surface area contributed by atoms with Gasteiger partial charge >= 0.3 is 0 Å². The first kappa shape index (κ1) is 20.7. The van der Waals surface area contributed by atoms with Gasteiger partial charge in [0.1, 0.15) is 5.54 Å². The largest absolute Gasteiger partial charge is 0.342 e. The third-order valence-corrected chi connectivity index (χ3v) is 8.02. The number of likely N-dealkylation sites (tertiary alicyclic amines) is 1. The van der Waals surface area contributed by atoms with Crippen molar-refractivity contribution in [3.05, 3.63) is 71.8 Å². The Kier molecular flexibility index (Phi) is 6.10. The number of rotatable bonds is 5. The van der Waals surface area contributed by atoms with E-state index in [2.05, 4.69) is 75.8 Å². The summed E-state index contributed by atoms with van der Waals surface area (Å²) in [5, 5.41) is 3.16. The molecule has 1 aliphatic carbocycles. The van der Waals surface area contributed by atoms with Crippen molar-refractivity contribution < 1.29 is 4.79 Å². The van der Waals surface area contributed by atoms with Gasteiger partial charge in [0.15, 0.2) is 0 Å². The van der Waals surface area contributed by atoms with Crippen molar-refractivity contribution in [2.75, 3.05) is 26.3 Å². The van der Waals surface area contributed by atoms with E-state index in [1.54, 1.807) is 0 Å². The quantitative estimate of drug-likeness (QED) is 0.793. The van der Waals surface area contributed by atoms with E-state index in [1.807, 2.05) is 0 Å². The van der Waals surface area contributed by atoms with Crippen molar-refractivity contribution in [2.45, 2.75) is 62.4 Å². The molecule has 0 bridgehead atoms. The fraction of sp³-hybridized carbons (Fsp3) is 0.519. The molecular formula is C27H35N3O. The first-order valence-electron chi connectivity index (χ1n) is 12.1. The lowest BCUT2D eigenvalue weighted by molar-refractivity contribution is -0.129. The predicted molar refractivity (Wildman–Crippen MR) is 125 cm³/mol. The fourth-order valence-electron chi connectivity index (χ4n) is 6.23. The molecule has 31 heavy (non-hydrogen) atoms. The van der Waals surface area contributed by atoms with Gasteiger partial charge in [-0.15, -0.1) is 0 Å². The molecule has 0 radical (unpaired) electrons. The second-order valence-corrected chi connectivity index (χ2v) is 9.60. The molecule has 4 nitrogen and oxygen atoms in total. The van der Waals surface area contributed by atoms with E-state index in [0.717, 1.165) is 38.9 Å². The van der Waals surface area contributed by atoms with Crippen LogP contribution in [0.5, 0.6) is 0 Å². The minimum atomic E-state index is -0.303. The first-order chi connectivity index (χ1) is 15.3.